The minimum atomic E-state index is 0.122. The van der Waals surface area contributed by atoms with Crippen LogP contribution in [0.2, 0.25) is 0 Å². The van der Waals surface area contributed by atoms with Gasteiger partial charge in [0.1, 0.15) is 16.4 Å². The lowest BCUT2D eigenvalue weighted by molar-refractivity contribution is 0.459. The van der Waals surface area contributed by atoms with Crippen molar-refractivity contribution in [2.45, 2.75) is 26.2 Å². The van der Waals surface area contributed by atoms with Crippen LogP contribution in [-0.4, -0.2) is 15.0 Å². The largest absolute Gasteiger partial charge is 0.438 e. The van der Waals surface area contributed by atoms with Crippen molar-refractivity contribution >= 4 is 17.2 Å². The maximum atomic E-state index is 5.62. The van der Waals surface area contributed by atoms with E-state index < -0.39 is 0 Å². The molecule has 0 unspecified atom stereocenters. The molecule has 1 heterocycles. The van der Waals surface area contributed by atoms with Crippen molar-refractivity contribution in [2.75, 3.05) is 0 Å². The molecule has 2 N–H and O–H groups in total. The van der Waals surface area contributed by atoms with Crippen LogP contribution < -0.4 is 10.5 Å². The molecule has 0 spiro atoms. The number of thiocarbonyl (C=S) groups is 1. The van der Waals surface area contributed by atoms with Crippen LogP contribution in [0.15, 0.2) is 36.7 Å². The minimum absolute atomic E-state index is 0.122. The van der Waals surface area contributed by atoms with Gasteiger partial charge in [-0.15, -0.1) is 0 Å². The van der Waals surface area contributed by atoms with Gasteiger partial charge < -0.3 is 10.5 Å². The van der Waals surface area contributed by atoms with Gasteiger partial charge in [-0.25, -0.2) is 9.97 Å². The Morgan fingerprint density at radius 2 is 1.75 bits per heavy atom. The van der Waals surface area contributed by atoms with Crippen LogP contribution in [0.4, 0.5) is 0 Å². The predicted octanol–water partition coefficient (Wildman–Crippen LogP) is 3.20. The van der Waals surface area contributed by atoms with E-state index in [4.69, 9.17) is 22.7 Å². The van der Waals surface area contributed by atoms with Crippen LogP contribution in [0.5, 0.6) is 11.6 Å². The van der Waals surface area contributed by atoms with Crippen molar-refractivity contribution in [3.63, 3.8) is 0 Å². The van der Waals surface area contributed by atoms with Crippen molar-refractivity contribution < 1.29 is 4.74 Å². The summed E-state index contributed by atoms with van der Waals surface area (Å²) < 4.78 is 5.62. The highest BCUT2D eigenvalue weighted by Crippen LogP contribution is 2.25. The van der Waals surface area contributed by atoms with E-state index in [1.165, 1.54) is 18.0 Å². The van der Waals surface area contributed by atoms with E-state index in [0.717, 1.165) is 5.75 Å². The Bertz CT molecular complexity index is 601. The molecular weight excluding hydrogens is 270 g/mol. The third-order valence-corrected chi connectivity index (χ3v) is 3.03. The molecule has 0 aliphatic carbocycles. The fraction of sp³-hybridized carbons (Fsp3) is 0.267. The summed E-state index contributed by atoms with van der Waals surface area (Å²) in [6.07, 6.45) is 3.01. The molecule has 2 rings (SSSR count). The molecule has 4 nitrogen and oxygen atoms in total. The molecule has 20 heavy (non-hydrogen) atoms. The number of benzene rings is 1. The van der Waals surface area contributed by atoms with Crippen LogP contribution in [0.1, 0.15) is 32.0 Å². The van der Waals surface area contributed by atoms with Crippen LogP contribution in [-0.2, 0) is 5.41 Å². The molecule has 1 aromatic heterocycles. The molecule has 0 amide bonds. The Morgan fingerprint density at radius 3 is 2.20 bits per heavy atom. The average Bonchev–Trinajstić information content (AvgIpc) is 2.39. The molecule has 0 saturated carbocycles. The topological polar surface area (TPSA) is 61.0 Å². The Labute approximate surface area is 124 Å². The SMILES string of the molecule is CC(C)(C)c1ccc(Oc2cnc(C(N)=S)cn2)cc1. The average molecular weight is 287 g/mol. The first kappa shape index (κ1) is 14.4. The van der Waals surface area contributed by atoms with Gasteiger partial charge in [-0.1, -0.05) is 45.1 Å². The van der Waals surface area contributed by atoms with Gasteiger partial charge >= 0.3 is 0 Å². The zero-order valence-corrected chi connectivity index (χ0v) is 12.6. The smallest absolute Gasteiger partial charge is 0.237 e. The number of nitrogens with two attached hydrogens (primary N) is 1. The third-order valence-electron chi connectivity index (χ3n) is 2.82. The fourth-order valence-electron chi connectivity index (χ4n) is 1.64. The second-order valence-corrected chi connectivity index (χ2v) is 5.92. The molecule has 0 aliphatic rings. The Kier molecular flexibility index (Phi) is 3.99. The Morgan fingerprint density at radius 1 is 1.10 bits per heavy atom. The first-order chi connectivity index (χ1) is 9.36. The molecule has 0 atom stereocenters. The van der Waals surface area contributed by atoms with Crippen molar-refractivity contribution in [3.05, 3.63) is 47.9 Å². The zero-order chi connectivity index (χ0) is 14.8. The molecule has 0 saturated heterocycles. The summed E-state index contributed by atoms with van der Waals surface area (Å²) in [4.78, 5) is 8.41. The Balaban J connectivity index is 2.12. The van der Waals surface area contributed by atoms with Crippen LogP contribution in [0, 0.1) is 0 Å². The van der Waals surface area contributed by atoms with Gasteiger partial charge in [-0.05, 0) is 23.1 Å². The van der Waals surface area contributed by atoms with E-state index in [1.54, 1.807) is 0 Å². The lowest BCUT2D eigenvalue weighted by Gasteiger charge is -2.19. The fourth-order valence-corrected chi connectivity index (χ4v) is 1.75. The monoisotopic (exact) mass is 287 g/mol. The number of rotatable bonds is 3. The van der Waals surface area contributed by atoms with E-state index >= 15 is 0 Å². The zero-order valence-electron chi connectivity index (χ0n) is 11.8. The molecule has 2 aromatic rings. The normalized spacial score (nSPS) is 11.2. The van der Waals surface area contributed by atoms with Crippen molar-refractivity contribution in [2.24, 2.45) is 5.73 Å². The highest BCUT2D eigenvalue weighted by atomic mass is 32.1. The number of hydrogen-bond donors (Lipinski definition) is 1. The van der Waals surface area contributed by atoms with Gasteiger partial charge in [0.25, 0.3) is 0 Å². The molecule has 0 bridgehead atoms. The van der Waals surface area contributed by atoms with Crippen molar-refractivity contribution in [1.29, 1.82) is 0 Å². The second-order valence-electron chi connectivity index (χ2n) is 5.48. The minimum Gasteiger partial charge on any atom is -0.438 e. The lowest BCUT2D eigenvalue weighted by atomic mass is 9.87. The van der Waals surface area contributed by atoms with Gasteiger partial charge in [-0.3, -0.25) is 0 Å². The predicted molar refractivity (Wildman–Crippen MR) is 83.1 cm³/mol. The summed E-state index contributed by atoms with van der Waals surface area (Å²) in [5, 5.41) is 0. The van der Waals surface area contributed by atoms with Gasteiger partial charge in [-0.2, -0.15) is 0 Å². The number of hydrogen-bond acceptors (Lipinski definition) is 4. The quantitative estimate of drug-likeness (QED) is 0.878. The second kappa shape index (κ2) is 5.54. The maximum absolute atomic E-state index is 5.62. The molecular formula is C15H17N3OS. The lowest BCUT2D eigenvalue weighted by Crippen LogP contribution is -2.11. The van der Waals surface area contributed by atoms with Gasteiger partial charge in [0.2, 0.25) is 5.88 Å². The van der Waals surface area contributed by atoms with Crippen molar-refractivity contribution in [1.82, 2.24) is 9.97 Å². The third kappa shape index (κ3) is 3.51. The highest BCUT2D eigenvalue weighted by molar-refractivity contribution is 7.80. The van der Waals surface area contributed by atoms with Crippen LogP contribution >= 0.6 is 12.2 Å². The summed E-state index contributed by atoms with van der Waals surface area (Å²) in [6, 6.07) is 7.94. The molecule has 0 fully saturated rings. The standard InChI is InChI=1S/C15H17N3OS/c1-15(2,3)10-4-6-11(7-5-10)19-13-9-17-12(8-18-13)14(16)20/h4-9H,1-3H3,(H2,16,20). The number of ether oxygens (including phenoxy) is 1. The summed E-state index contributed by atoms with van der Waals surface area (Å²) >= 11 is 4.82. The highest BCUT2D eigenvalue weighted by Gasteiger charge is 2.13. The molecule has 0 radical (unpaired) electrons. The van der Waals surface area contributed by atoms with Crippen LogP contribution in [0.25, 0.3) is 0 Å². The summed E-state index contributed by atoms with van der Waals surface area (Å²) in [6.45, 7) is 6.51. The number of nitrogens with zero attached hydrogens (tertiary/aromatic N) is 2. The van der Waals surface area contributed by atoms with E-state index in [2.05, 4.69) is 30.7 Å². The maximum Gasteiger partial charge on any atom is 0.237 e. The van der Waals surface area contributed by atoms with Crippen molar-refractivity contribution in [3.8, 4) is 11.6 Å². The van der Waals surface area contributed by atoms with Gasteiger partial charge in [0.15, 0.2) is 0 Å². The van der Waals surface area contributed by atoms with E-state index in [9.17, 15) is 0 Å². The van der Waals surface area contributed by atoms with Crippen LogP contribution in [0.3, 0.4) is 0 Å². The van der Waals surface area contributed by atoms with E-state index in [0.29, 0.717) is 11.6 Å². The van der Waals surface area contributed by atoms with Gasteiger partial charge in [0, 0.05) is 0 Å². The first-order valence-electron chi connectivity index (χ1n) is 6.26. The van der Waals surface area contributed by atoms with E-state index in [-0.39, 0.29) is 10.4 Å². The Hall–Kier alpha value is -2.01. The molecule has 1 aromatic carbocycles. The summed E-state index contributed by atoms with van der Waals surface area (Å²) in [5.74, 6) is 1.13. The molecule has 5 heteroatoms. The summed E-state index contributed by atoms with van der Waals surface area (Å²) in [5.41, 5.74) is 7.32. The van der Waals surface area contributed by atoms with Gasteiger partial charge in [0.05, 0.1) is 12.4 Å². The molecule has 104 valence electrons. The number of aromatic nitrogens is 2. The van der Waals surface area contributed by atoms with E-state index in [1.807, 2.05) is 24.3 Å². The summed E-state index contributed by atoms with van der Waals surface area (Å²) in [7, 11) is 0. The first-order valence-corrected chi connectivity index (χ1v) is 6.67. The molecule has 0 aliphatic heterocycles.